The van der Waals surface area contributed by atoms with Gasteiger partial charge in [0.15, 0.2) is 0 Å². The smallest absolute Gasteiger partial charge is 0.261 e. The summed E-state index contributed by atoms with van der Waals surface area (Å²) in [6.45, 7) is 0.0454. The maximum atomic E-state index is 11.4. The van der Waals surface area contributed by atoms with Gasteiger partial charge in [-0.25, -0.2) is 0 Å². The van der Waals surface area contributed by atoms with Gasteiger partial charge in [-0.15, -0.1) is 11.3 Å². The van der Waals surface area contributed by atoms with E-state index in [1.54, 1.807) is 26.2 Å². The summed E-state index contributed by atoms with van der Waals surface area (Å²) in [5.74, 6) is -0.315. The van der Waals surface area contributed by atoms with Gasteiger partial charge in [-0.1, -0.05) is 6.07 Å². The van der Waals surface area contributed by atoms with Crippen LogP contribution in [-0.2, 0) is 4.79 Å². The molecule has 0 aliphatic heterocycles. The summed E-state index contributed by atoms with van der Waals surface area (Å²) >= 11 is 1.35. The zero-order chi connectivity index (χ0) is 10.6. The van der Waals surface area contributed by atoms with Crippen LogP contribution in [0.2, 0.25) is 0 Å². The summed E-state index contributed by atoms with van der Waals surface area (Å²) < 4.78 is 0. The Morgan fingerprint density at radius 1 is 1.50 bits per heavy atom. The van der Waals surface area contributed by atoms with E-state index in [-0.39, 0.29) is 18.4 Å². The molecule has 0 spiro atoms. The Labute approximate surface area is 86.5 Å². The minimum atomic E-state index is -0.199. The van der Waals surface area contributed by atoms with Crippen LogP contribution in [0.25, 0.3) is 0 Å². The van der Waals surface area contributed by atoms with Crippen molar-refractivity contribution in [3.63, 3.8) is 0 Å². The topological polar surface area (TPSA) is 49.4 Å². The van der Waals surface area contributed by atoms with Crippen LogP contribution < -0.4 is 5.32 Å². The van der Waals surface area contributed by atoms with Crippen LogP contribution >= 0.6 is 11.3 Å². The molecule has 0 unspecified atom stereocenters. The summed E-state index contributed by atoms with van der Waals surface area (Å²) in [7, 11) is 3.30. The van der Waals surface area contributed by atoms with Gasteiger partial charge in [-0.2, -0.15) is 0 Å². The van der Waals surface area contributed by atoms with E-state index < -0.39 is 0 Å². The third-order valence-corrected chi connectivity index (χ3v) is 2.51. The molecule has 0 saturated heterocycles. The van der Waals surface area contributed by atoms with Gasteiger partial charge in [0, 0.05) is 14.1 Å². The molecule has 2 amide bonds. The second kappa shape index (κ2) is 4.76. The van der Waals surface area contributed by atoms with Gasteiger partial charge in [-0.05, 0) is 11.4 Å². The maximum Gasteiger partial charge on any atom is 0.261 e. The quantitative estimate of drug-likeness (QED) is 0.796. The molecule has 0 atom stereocenters. The Hall–Kier alpha value is -1.36. The van der Waals surface area contributed by atoms with Crippen molar-refractivity contribution in [2.75, 3.05) is 20.6 Å². The summed E-state index contributed by atoms with van der Waals surface area (Å²) in [5.41, 5.74) is 0. The first kappa shape index (κ1) is 10.7. The van der Waals surface area contributed by atoms with E-state index in [4.69, 9.17) is 0 Å². The van der Waals surface area contributed by atoms with Gasteiger partial charge < -0.3 is 10.2 Å². The third kappa shape index (κ3) is 2.85. The van der Waals surface area contributed by atoms with Crippen molar-refractivity contribution in [1.29, 1.82) is 0 Å². The number of nitrogens with one attached hydrogen (secondary N) is 1. The Balaban J connectivity index is 2.40. The molecule has 5 heteroatoms. The molecule has 0 bridgehead atoms. The van der Waals surface area contributed by atoms with Crippen molar-refractivity contribution in [3.05, 3.63) is 22.4 Å². The fraction of sp³-hybridized carbons (Fsp3) is 0.333. The molecule has 0 radical (unpaired) electrons. The number of amides is 2. The number of rotatable bonds is 3. The van der Waals surface area contributed by atoms with Gasteiger partial charge in [0.1, 0.15) is 0 Å². The van der Waals surface area contributed by atoms with Crippen molar-refractivity contribution < 1.29 is 9.59 Å². The van der Waals surface area contributed by atoms with Gasteiger partial charge in [-0.3, -0.25) is 9.59 Å². The van der Waals surface area contributed by atoms with E-state index in [2.05, 4.69) is 5.32 Å². The normalized spacial score (nSPS) is 9.57. The summed E-state index contributed by atoms with van der Waals surface area (Å²) in [5, 5.41) is 4.37. The summed E-state index contributed by atoms with van der Waals surface area (Å²) in [6, 6.07) is 3.52. The highest BCUT2D eigenvalue weighted by atomic mass is 32.1. The highest BCUT2D eigenvalue weighted by molar-refractivity contribution is 7.12. The number of carbonyl (C=O) groups is 2. The van der Waals surface area contributed by atoms with E-state index in [9.17, 15) is 9.59 Å². The van der Waals surface area contributed by atoms with Crippen LogP contribution in [-0.4, -0.2) is 37.4 Å². The predicted octanol–water partition coefficient (Wildman–Crippen LogP) is 0.566. The van der Waals surface area contributed by atoms with Gasteiger partial charge in [0.05, 0.1) is 11.4 Å². The van der Waals surface area contributed by atoms with Gasteiger partial charge in [0.25, 0.3) is 5.91 Å². The first-order valence-corrected chi connectivity index (χ1v) is 5.01. The minimum absolute atomic E-state index is 0.0454. The van der Waals surface area contributed by atoms with E-state index >= 15 is 0 Å². The molecule has 14 heavy (non-hydrogen) atoms. The monoisotopic (exact) mass is 212 g/mol. The molecule has 0 aromatic carbocycles. The number of thiophene rings is 1. The lowest BCUT2D eigenvalue weighted by Gasteiger charge is -2.10. The number of likely N-dealkylation sites (N-methyl/N-ethyl adjacent to an activating group) is 1. The zero-order valence-electron chi connectivity index (χ0n) is 8.11. The number of hydrogen-bond acceptors (Lipinski definition) is 3. The first-order chi connectivity index (χ1) is 6.61. The molecule has 76 valence electrons. The van der Waals surface area contributed by atoms with Crippen LogP contribution in [0.4, 0.5) is 0 Å². The van der Waals surface area contributed by atoms with Crippen molar-refractivity contribution in [1.82, 2.24) is 10.2 Å². The van der Waals surface area contributed by atoms with E-state index in [1.165, 1.54) is 16.2 Å². The van der Waals surface area contributed by atoms with E-state index in [1.807, 2.05) is 5.38 Å². The Kier molecular flexibility index (Phi) is 3.64. The Bertz CT molecular complexity index is 320. The lowest BCUT2D eigenvalue weighted by molar-refractivity contribution is -0.127. The average Bonchev–Trinajstić information content (AvgIpc) is 2.66. The second-order valence-electron chi connectivity index (χ2n) is 2.95. The molecule has 0 fully saturated rings. The minimum Gasteiger partial charge on any atom is -0.347 e. The van der Waals surface area contributed by atoms with Crippen molar-refractivity contribution in [2.45, 2.75) is 0 Å². The molecule has 1 N–H and O–H groups in total. The third-order valence-electron chi connectivity index (χ3n) is 1.64. The Morgan fingerprint density at radius 3 is 2.71 bits per heavy atom. The molecule has 0 saturated carbocycles. The van der Waals surface area contributed by atoms with Crippen LogP contribution in [0.15, 0.2) is 17.5 Å². The fourth-order valence-electron chi connectivity index (χ4n) is 0.809. The van der Waals surface area contributed by atoms with Crippen molar-refractivity contribution in [3.8, 4) is 0 Å². The summed E-state index contributed by atoms with van der Waals surface area (Å²) in [4.78, 5) is 24.6. The predicted molar refractivity (Wildman–Crippen MR) is 55.3 cm³/mol. The maximum absolute atomic E-state index is 11.4. The first-order valence-electron chi connectivity index (χ1n) is 4.13. The van der Waals surface area contributed by atoms with Crippen LogP contribution in [0.3, 0.4) is 0 Å². The van der Waals surface area contributed by atoms with Crippen LogP contribution in [0.1, 0.15) is 9.67 Å². The highest BCUT2D eigenvalue weighted by Crippen LogP contribution is 2.07. The van der Waals surface area contributed by atoms with Crippen molar-refractivity contribution in [2.24, 2.45) is 0 Å². The Morgan fingerprint density at radius 2 is 2.21 bits per heavy atom. The highest BCUT2D eigenvalue weighted by Gasteiger charge is 2.09. The van der Waals surface area contributed by atoms with E-state index in [0.29, 0.717) is 4.88 Å². The second-order valence-corrected chi connectivity index (χ2v) is 3.90. The summed E-state index contributed by atoms with van der Waals surface area (Å²) in [6.07, 6.45) is 0. The number of hydrogen-bond donors (Lipinski definition) is 1. The molecule has 4 nitrogen and oxygen atoms in total. The molecule has 0 aliphatic rings. The number of carbonyl (C=O) groups excluding carboxylic acids is 2. The SMILES string of the molecule is CN(C)C(=O)CNC(=O)c1cccs1. The zero-order valence-corrected chi connectivity index (χ0v) is 8.93. The molecule has 1 rings (SSSR count). The van der Waals surface area contributed by atoms with Crippen LogP contribution in [0.5, 0.6) is 0 Å². The molecular formula is C9H12N2O2S. The molecule has 1 heterocycles. The molecule has 1 aromatic heterocycles. The molecular weight excluding hydrogens is 200 g/mol. The van der Waals surface area contributed by atoms with Crippen LogP contribution in [0, 0.1) is 0 Å². The lowest BCUT2D eigenvalue weighted by atomic mass is 10.4. The fourth-order valence-corrected chi connectivity index (χ4v) is 1.45. The average molecular weight is 212 g/mol. The van der Waals surface area contributed by atoms with Gasteiger partial charge in [0.2, 0.25) is 5.91 Å². The largest absolute Gasteiger partial charge is 0.347 e. The molecule has 0 aliphatic carbocycles. The van der Waals surface area contributed by atoms with Crippen molar-refractivity contribution >= 4 is 23.2 Å². The van der Waals surface area contributed by atoms with E-state index in [0.717, 1.165) is 0 Å². The lowest BCUT2D eigenvalue weighted by Crippen LogP contribution is -2.35. The molecule has 1 aromatic rings. The van der Waals surface area contributed by atoms with Gasteiger partial charge >= 0.3 is 0 Å². The standard InChI is InChI=1S/C9H12N2O2S/c1-11(2)8(12)6-10-9(13)7-4-3-5-14-7/h3-5H,6H2,1-2H3,(H,10,13). The number of nitrogens with zero attached hydrogens (tertiary/aromatic N) is 1.